The molecule has 0 fully saturated rings. The van der Waals surface area contributed by atoms with E-state index in [1.807, 2.05) is 36.4 Å². The molecule has 25 heavy (non-hydrogen) atoms. The molecule has 5 N–H and O–H groups in total. The van der Waals surface area contributed by atoms with Gasteiger partial charge in [0, 0.05) is 28.4 Å². The van der Waals surface area contributed by atoms with Crippen molar-refractivity contribution in [3.63, 3.8) is 0 Å². The molecule has 0 saturated heterocycles. The van der Waals surface area contributed by atoms with Gasteiger partial charge in [-0.3, -0.25) is 0 Å². The lowest BCUT2D eigenvalue weighted by Gasteiger charge is -2.30. The van der Waals surface area contributed by atoms with Crippen LogP contribution in [0, 0.1) is 0 Å². The second kappa shape index (κ2) is 7.51. The fourth-order valence-electron chi connectivity index (χ4n) is 3.13. The number of benzene rings is 2. The lowest BCUT2D eigenvalue weighted by Crippen LogP contribution is -2.56. The fraction of sp³-hybridized carbons (Fsp3) is 0.368. The Bertz CT molecular complexity index is 780. The fourth-order valence-corrected chi connectivity index (χ4v) is 3.13. The molecule has 0 aliphatic rings. The van der Waals surface area contributed by atoms with Gasteiger partial charge >= 0.3 is 0 Å². The van der Waals surface area contributed by atoms with E-state index in [0.717, 1.165) is 21.8 Å². The van der Waals surface area contributed by atoms with Crippen LogP contribution in [-0.4, -0.2) is 63.0 Å². The third-order valence-corrected chi connectivity index (χ3v) is 4.69. The highest BCUT2D eigenvalue weighted by Gasteiger charge is 2.28. The zero-order valence-corrected chi connectivity index (χ0v) is 14.0. The van der Waals surface area contributed by atoms with Crippen LogP contribution in [0.15, 0.2) is 48.5 Å². The molecule has 1 heterocycles. The largest absolute Gasteiger partial charge is 0.394 e. The van der Waals surface area contributed by atoms with Gasteiger partial charge in [0.1, 0.15) is 0 Å². The van der Waals surface area contributed by atoms with Gasteiger partial charge in [0.05, 0.1) is 38.0 Å². The molecule has 134 valence electrons. The lowest BCUT2D eigenvalue weighted by atomic mass is 10.0. The van der Waals surface area contributed by atoms with Gasteiger partial charge in [-0.1, -0.05) is 36.4 Å². The lowest BCUT2D eigenvalue weighted by molar-refractivity contribution is 0.0308. The minimum Gasteiger partial charge on any atom is -0.394 e. The number of β-amino-alcohol motifs (C(OH)–C–C–N with tert-alkyl or cyclic N) is 1. The summed E-state index contributed by atoms with van der Waals surface area (Å²) in [6, 6.07) is 16.1. The van der Waals surface area contributed by atoms with E-state index in [0.29, 0.717) is 6.54 Å². The Labute approximate surface area is 145 Å². The van der Waals surface area contributed by atoms with Gasteiger partial charge in [0.2, 0.25) is 0 Å². The van der Waals surface area contributed by atoms with E-state index in [4.69, 9.17) is 0 Å². The summed E-state index contributed by atoms with van der Waals surface area (Å²) in [6.07, 6.45) is -0.747. The van der Waals surface area contributed by atoms with Crippen molar-refractivity contribution >= 4 is 21.8 Å². The van der Waals surface area contributed by atoms with Gasteiger partial charge in [0.15, 0.2) is 0 Å². The molecule has 0 radical (unpaired) electrons. The zero-order valence-electron chi connectivity index (χ0n) is 14.0. The molecular formula is C19H24N2O4. The van der Waals surface area contributed by atoms with Crippen molar-refractivity contribution in [3.8, 4) is 0 Å². The molecule has 0 unspecified atom stereocenters. The summed E-state index contributed by atoms with van der Waals surface area (Å²) in [4.78, 5) is 0. The van der Waals surface area contributed by atoms with Gasteiger partial charge in [-0.05, 0) is 12.1 Å². The predicted octanol–water partition coefficient (Wildman–Crippen LogP) is 0.461. The van der Waals surface area contributed by atoms with Crippen molar-refractivity contribution in [2.45, 2.75) is 18.2 Å². The Morgan fingerprint density at radius 2 is 1.32 bits per heavy atom. The number of aromatic nitrogens is 1. The van der Waals surface area contributed by atoms with Gasteiger partial charge in [-0.25, -0.2) is 0 Å². The average molecular weight is 344 g/mol. The smallest absolute Gasteiger partial charge is 0.0882 e. The van der Waals surface area contributed by atoms with Gasteiger partial charge in [-0.2, -0.15) is 0 Å². The molecule has 0 spiro atoms. The SMILES string of the molecule is OCC(CO)(CO)NC[C@H](O)Cn1c2ccccc2c2ccccc21. The molecule has 0 amide bonds. The van der Waals surface area contributed by atoms with Crippen LogP contribution in [0.5, 0.6) is 0 Å². The van der Waals surface area contributed by atoms with Crippen LogP contribution in [0.25, 0.3) is 21.8 Å². The van der Waals surface area contributed by atoms with E-state index in [1.165, 1.54) is 0 Å². The van der Waals surface area contributed by atoms with E-state index in [-0.39, 0.29) is 6.54 Å². The van der Waals surface area contributed by atoms with Crippen LogP contribution in [0.1, 0.15) is 0 Å². The first-order chi connectivity index (χ1) is 12.1. The zero-order chi connectivity index (χ0) is 17.9. The Morgan fingerprint density at radius 1 is 0.840 bits per heavy atom. The monoisotopic (exact) mass is 344 g/mol. The maximum atomic E-state index is 10.5. The minimum absolute atomic E-state index is 0.141. The number of hydrogen-bond donors (Lipinski definition) is 5. The van der Waals surface area contributed by atoms with E-state index < -0.39 is 31.5 Å². The number of fused-ring (bicyclic) bond motifs is 3. The van der Waals surface area contributed by atoms with Crippen LogP contribution in [0.3, 0.4) is 0 Å². The van der Waals surface area contributed by atoms with E-state index >= 15 is 0 Å². The van der Waals surface area contributed by atoms with Gasteiger partial charge in [-0.15, -0.1) is 0 Å². The van der Waals surface area contributed by atoms with Crippen molar-refractivity contribution in [1.82, 2.24) is 9.88 Å². The highest BCUT2D eigenvalue weighted by atomic mass is 16.3. The first-order valence-corrected chi connectivity index (χ1v) is 8.36. The van der Waals surface area contributed by atoms with E-state index in [9.17, 15) is 20.4 Å². The number of aliphatic hydroxyl groups excluding tert-OH is 4. The van der Waals surface area contributed by atoms with Crippen LogP contribution in [0.4, 0.5) is 0 Å². The molecule has 1 aromatic heterocycles. The molecule has 6 nitrogen and oxygen atoms in total. The van der Waals surface area contributed by atoms with Gasteiger partial charge < -0.3 is 30.3 Å². The van der Waals surface area contributed by atoms with Crippen LogP contribution < -0.4 is 5.32 Å². The topological polar surface area (TPSA) is 97.9 Å². The number of rotatable bonds is 8. The predicted molar refractivity (Wildman–Crippen MR) is 97.4 cm³/mol. The summed E-state index contributed by atoms with van der Waals surface area (Å²) >= 11 is 0. The average Bonchev–Trinajstić information content (AvgIpc) is 2.98. The van der Waals surface area contributed by atoms with E-state index in [1.54, 1.807) is 0 Å². The molecule has 3 aromatic rings. The molecule has 2 aromatic carbocycles. The third-order valence-electron chi connectivity index (χ3n) is 4.69. The van der Waals surface area contributed by atoms with Crippen LogP contribution in [0.2, 0.25) is 0 Å². The number of hydrogen-bond acceptors (Lipinski definition) is 5. The highest BCUT2D eigenvalue weighted by Crippen LogP contribution is 2.28. The van der Waals surface area contributed by atoms with Crippen molar-refractivity contribution in [2.24, 2.45) is 0 Å². The maximum absolute atomic E-state index is 10.5. The normalized spacial score (nSPS) is 13.6. The molecule has 0 aliphatic heterocycles. The minimum atomic E-state index is -1.19. The Morgan fingerprint density at radius 3 is 1.80 bits per heavy atom. The Kier molecular flexibility index (Phi) is 5.36. The summed E-state index contributed by atoms with van der Waals surface area (Å²) in [7, 11) is 0. The summed E-state index contributed by atoms with van der Waals surface area (Å²) in [6.45, 7) is -0.742. The molecule has 3 rings (SSSR count). The summed E-state index contributed by atoms with van der Waals surface area (Å²) in [5.74, 6) is 0. The van der Waals surface area contributed by atoms with Crippen LogP contribution >= 0.6 is 0 Å². The number of para-hydroxylation sites is 2. The summed E-state index contributed by atoms with van der Waals surface area (Å²) < 4.78 is 2.07. The second-order valence-electron chi connectivity index (χ2n) is 6.43. The molecule has 0 saturated carbocycles. The number of aliphatic hydroxyl groups is 4. The van der Waals surface area contributed by atoms with Crippen molar-refractivity contribution < 1.29 is 20.4 Å². The second-order valence-corrected chi connectivity index (χ2v) is 6.43. The number of nitrogens with one attached hydrogen (secondary N) is 1. The third kappa shape index (κ3) is 3.40. The first-order valence-electron chi connectivity index (χ1n) is 8.36. The van der Waals surface area contributed by atoms with Crippen LogP contribution in [-0.2, 0) is 6.54 Å². The first kappa shape index (κ1) is 17.8. The molecule has 0 bridgehead atoms. The maximum Gasteiger partial charge on any atom is 0.0882 e. The van der Waals surface area contributed by atoms with E-state index in [2.05, 4.69) is 22.0 Å². The standard InChI is InChI=1S/C19H24N2O4/c22-11-19(12-23,13-24)20-9-14(25)10-21-17-7-3-1-5-15(17)16-6-2-4-8-18(16)21/h1-8,14,20,22-25H,9-13H2/t14-/m0/s1. The Balaban J connectivity index is 1.84. The summed E-state index contributed by atoms with van der Waals surface area (Å²) in [5.41, 5.74) is 0.892. The highest BCUT2D eigenvalue weighted by molar-refractivity contribution is 6.07. The quantitative estimate of drug-likeness (QED) is 0.409. The van der Waals surface area contributed by atoms with Crippen molar-refractivity contribution in [1.29, 1.82) is 0 Å². The molecule has 1 atom stereocenters. The van der Waals surface area contributed by atoms with Gasteiger partial charge in [0.25, 0.3) is 0 Å². The molecule has 6 heteroatoms. The molecule has 0 aliphatic carbocycles. The van der Waals surface area contributed by atoms with Crippen molar-refractivity contribution in [3.05, 3.63) is 48.5 Å². The Hall–Kier alpha value is -1.96. The van der Waals surface area contributed by atoms with Crippen molar-refractivity contribution in [2.75, 3.05) is 26.4 Å². The number of nitrogens with zero attached hydrogens (tertiary/aromatic N) is 1. The molecular weight excluding hydrogens is 320 g/mol. The summed E-state index contributed by atoms with van der Waals surface area (Å²) in [5, 5.41) is 43.7.